The summed E-state index contributed by atoms with van der Waals surface area (Å²) in [5, 5.41) is 10.7. The molecule has 0 unspecified atom stereocenters. The molecular formula is C18H20FN3O3. The summed E-state index contributed by atoms with van der Waals surface area (Å²) in [6.45, 7) is 0. The summed E-state index contributed by atoms with van der Waals surface area (Å²) in [7, 11) is 1.62. The van der Waals surface area contributed by atoms with Crippen LogP contribution in [0.4, 0.5) is 4.39 Å². The third-order valence-corrected chi connectivity index (χ3v) is 4.42. The van der Waals surface area contributed by atoms with Gasteiger partial charge in [-0.05, 0) is 37.5 Å². The lowest BCUT2D eigenvalue weighted by Crippen LogP contribution is -2.53. The summed E-state index contributed by atoms with van der Waals surface area (Å²) in [5.41, 5.74) is 0. The number of rotatable bonds is 4. The molecule has 1 aliphatic carbocycles. The summed E-state index contributed by atoms with van der Waals surface area (Å²) in [5.74, 6) is -0.292. The zero-order valence-electron chi connectivity index (χ0n) is 13.9. The molecular weight excluding hydrogens is 325 g/mol. The molecule has 25 heavy (non-hydrogen) atoms. The van der Waals surface area contributed by atoms with E-state index in [9.17, 15) is 14.3 Å². The molecule has 1 aromatic heterocycles. The Bertz CT molecular complexity index is 729. The number of aliphatic hydroxyl groups excluding tert-OH is 1. The molecule has 0 aliphatic heterocycles. The monoisotopic (exact) mass is 345 g/mol. The summed E-state index contributed by atoms with van der Waals surface area (Å²) >= 11 is 0. The van der Waals surface area contributed by atoms with Crippen molar-refractivity contribution in [3.8, 4) is 5.75 Å². The number of halogens is 1. The van der Waals surface area contributed by atoms with Gasteiger partial charge in [0.1, 0.15) is 23.8 Å². The van der Waals surface area contributed by atoms with Gasteiger partial charge in [0, 0.05) is 25.5 Å². The molecule has 132 valence electrons. The lowest BCUT2D eigenvalue weighted by molar-refractivity contribution is -0.0415. The van der Waals surface area contributed by atoms with Gasteiger partial charge in [-0.15, -0.1) is 0 Å². The van der Waals surface area contributed by atoms with E-state index in [2.05, 4.69) is 9.97 Å². The first-order valence-electron chi connectivity index (χ1n) is 8.20. The van der Waals surface area contributed by atoms with Gasteiger partial charge in [-0.1, -0.05) is 6.07 Å². The van der Waals surface area contributed by atoms with E-state index < -0.39 is 24.1 Å². The number of hydrogen-bond acceptors (Lipinski definition) is 5. The van der Waals surface area contributed by atoms with Crippen molar-refractivity contribution >= 4 is 5.91 Å². The van der Waals surface area contributed by atoms with Crippen molar-refractivity contribution in [2.75, 3.05) is 7.05 Å². The van der Waals surface area contributed by atoms with Crippen LogP contribution in [0.1, 0.15) is 29.9 Å². The zero-order valence-corrected chi connectivity index (χ0v) is 13.9. The molecule has 0 spiro atoms. The Kier molecular flexibility index (Phi) is 5.23. The second-order valence-corrected chi connectivity index (χ2v) is 6.09. The maximum Gasteiger partial charge on any atom is 0.291 e. The van der Waals surface area contributed by atoms with Crippen LogP contribution in [0.25, 0.3) is 0 Å². The predicted octanol–water partition coefficient (Wildman–Crippen LogP) is 2.05. The quantitative estimate of drug-likeness (QED) is 0.918. The number of nitrogens with zero attached hydrogens (tertiary/aromatic N) is 3. The molecule has 7 heteroatoms. The Morgan fingerprint density at radius 3 is 2.76 bits per heavy atom. The van der Waals surface area contributed by atoms with Crippen LogP contribution in [0.15, 0.2) is 42.7 Å². The van der Waals surface area contributed by atoms with Crippen LogP contribution in [0.2, 0.25) is 0 Å². The number of carbonyl (C=O) groups is 1. The van der Waals surface area contributed by atoms with Crippen LogP contribution >= 0.6 is 0 Å². The lowest BCUT2D eigenvalue weighted by atomic mass is 9.89. The van der Waals surface area contributed by atoms with Crippen LogP contribution in [0.3, 0.4) is 0 Å². The average Bonchev–Trinajstić information content (AvgIpc) is 2.63. The van der Waals surface area contributed by atoms with Crippen LogP contribution in [-0.2, 0) is 0 Å². The molecule has 6 nitrogen and oxygen atoms in total. The van der Waals surface area contributed by atoms with Gasteiger partial charge >= 0.3 is 0 Å². The number of carbonyl (C=O) groups excluding carboxylic acids is 1. The van der Waals surface area contributed by atoms with E-state index in [1.807, 2.05) is 0 Å². The van der Waals surface area contributed by atoms with Crippen molar-refractivity contribution in [2.45, 2.75) is 37.5 Å². The van der Waals surface area contributed by atoms with Crippen LogP contribution in [-0.4, -0.2) is 51.2 Å². The molecule has 1 amide bonds. The molecule has 1 N–H and O–H groups in total. The standard InChI is InChI=1S/C18H20FN3O3/c1-22(18(24)17-20-9-4-10-21-17)14-7-3-8-15(16(14)23)25-13-6-2-5-12(19)11-13/h2,4-6,9-11,14-16,23H,3,7-8H2,1H3/t14-,15+,16+/m1/s1. The Hall–Kier alpha value is -2.54. The number of aliphatic hydroxyl groups is 1. The smallest absolute Gasteiger partial charge is 0.291 e. The highest BCUT2D eigenvalue weighted by Gasteiger charge is 2.38. The van der Waals surface area contributed by atoms with E-state index in [1.165, 1.54) is 29.4 Å². The summed E-state index contributed by atoms with van der Waals surface area (Å²) in [6.07, 6.45) is 3.69. The molecule has 0 bridgehead atoms. The minimum Gasteiger partial charge on any atom is -0.488 e. The van der Waals surface area contributed by atoms with Gasteiger partial charge < -0.3 is 14.7 Å². The van der Waals surface area contributed by atoms with Crippen LogP contribution in [0.5, 0.6) is 5.75 Å². The molecule has 1 fully saturated rings. The third kappa shape index (κ3) is 3.93. The molecule has 1 aromatic carbocycles. The van der Waals surface area contributed by atoms with Gasteiger partial charge in [0.05, 0.1) is 6.04 Å². The molecule has 1 aliphatic rings. The second kappa shape index (κ2) is 7.57. The van der Waals surface area contributed by atoms with Gasteiger partial charge in [0.25, 0.3) is 5.91 Å². The summed E-state index contributed by atoms with van der Waals surface area (Å²) < 4.78 is 19.1. The Labute approximate surface area is 145 Å². The van der Waals surface area contributed by atoms with Crippen molar-refractivity contribution in [1.82, 2.24) is 14.9 Å². The van der Waals surface area contributed by atoms with Crippen molar-refractivity contribution in [1.29, 1.82) is 0 Å². The predicted molar refractivity (Wildman–Crippen MR) is 88.6 cm³/mol. The molecule has 2 aromatic rings. The fourth-order valence-electron chi connectivity index (χ4n) is 3.10. The number of ether oxygens (including phenoxy) is 1. The molecule has 0 saturated heterocycles. The number of benzene rings is 1. The van der Waals surface area contributed by atoms with Gasteiger partial charge in [-0.25, -0.2) is 14.4 Å². The molecule has 3 rings (SSSR count). The van der Waals surface area contributed by atoms with Gasteiger partial charge in [-0.2, -0.15) is 0 Å². The minimum atomic E-state index is -0.880. The van der Waals surface area contributed by atoms with E-state index in [4.69, 9.17) is 4.74 Å². The van der Waals surface area contributed by atoms with Gasteiger partial charge in [-0.3, -0.25) is 4.79 Å². The molecule has 1 heterocycles. The van der Waals surface area contributed by atoms with E-state index >= 15 is 0 Å². The highest BCUT2D eigenvalue weighted by molar-refractivity contribution is 5.90. The van der Waals surface area contributed by atoms with Gasteiger partial charge in [0.2, 0.25) is 5.82 Å². The first-order chi connectivity index (χ1) is 12.1. The second-order valence-electron chi connectivity index (χ2n) is 6.09. The van der Waals surface area contributed by atoms with Crippen molar-refractivity contribution in [3.63, 3.8) is 0 Å². The highest BCUT2D eigenvalue weighted by atomic mass is 19.1. The maximum absolute atomic E-state index is 13.3. The van der Waals surface area contributed by atoms with E-state index in [1.54, 1.807) is 25.2 Å². The van der Waals surface area contributed by atoms with E-state index in [-0.39, 0.29) is 11.7 Å². The fraction of sp³-hybridized carbons (Fsp3) is 0.389. The first-order valence-corrected chi connectivity index (χ1v) is 8.20. The van der Waals surface area contributed by atoms with Crippen molar-refractivity contribution in [3.05, 3.63) is 54.4 Å². The first kappa shape index (κ1) is 17.3. The zero-order chi connectivity index (χ0) is 17.8. The normalized spacial score (nSPS) is 23.1. The third-order valence-electron chi connectivity index (χ3n) is 4.42. The average molecular weight is 345 g/mol. The molecule has 0 radical (unpaired) electrons. The minimum absolute atomic E-state index is 0.0883. The summed E-state index contributed by atoms with van der Waals surface area (Å²) in [6, 6.07) is 7.03. The topological polar surface area (TPSA) is 75.6 Å². The van der Waals surface area contributed by atoms with Gasteiger partial charge in [0.15, 0.2) is 0 Å². The molecule has 1 saturated carbocycles. The SMILES string of the molecule is CN(C(=O)c1ncccn1)[C@@H]1CCC[C@H](Oc2cccc(F)c2)[C@H]1O. The largest absolute Gasteiger partial charge is 0.488 e. The number of aromatic nitrogens is 2. The number of likely N-dealkylation sites (N-methyl/N-ethyl adjacent to an activating group) is 1. The van der Waals surface area contributed by atoms with Crippen LogP contribution in [0, 0.1) is 5.82 Å². The number of amides is 1. The Morgan fingerprint density at radius 1 is 1.28 bits per heavy atom. The van der Waals surface area contributed by atoms with Crippen molar-refractivity contribution in [2.24, 2.45) is 0 Å². The fourth-order valence-corrected chi connectivity index (χ4v) is 3.10. The van der Waals surface area contributed by atoms with E-state index in [0.717, 1.165) is 6.42 Å². The number of hydrogen-bond donors (Lipinski definition) is 1. The van der Waals surface area contributed by atoms with E-state index in [0.29, 0.717) is 18.6 Å². The summed E-state index contributed by atoms with van der Waals surface area (Å²) in [4.78, 5) is 21.9. The van der Waals surface area contributed by atoms with Crippen LogP contribution < -0.4 is 4.74 Å². The lowest BCUT2D eigenvalue weighted by Gasteiger charge is -2.39. The highest BCUT2D eigenvalue weighted by Crippen LogP contribution is 2.27. The Morgan fingerprint density at radius 2 is 2.04 bits per heavy atom. The maximum atomic E-state index is 13.3. The van der Waals surface area contributed by atoms with Crippen molar-refractivity contribution < 1.29 is 19.0 Å². The molecule has 3 atom stereocenters. The Balaban J connectivity index is 1.71.